The number of terminal acetylenes is 1. The molecule has 5 nitrogen and oxygen atoms in total. The Bertz CT molecular complexity index is 681. The number of aryl methyl sites for hydroxylation is 2. The molecule has 0 radical (unpaired) electrons. The van der Waals surface area contributed by atoms with Crippen LogP contribution in [-0.4, -0.2) is 39.2 Å². The largest absolute Gasteiger partial charge is 0.328 e. The minimum atomic E-state index is -0.279. The molecule has 5 heteroatoms. The van der Waals surface area contributed by atoms with E-state index in [1.165, 1.54) is 4.90 Å². The van der Waals surface area contributed by atoms with E-state index in [1.54, 1.807) is 11.7 Å². The quantitative estimate of drug-likeness (QED) is 0.794. The molecule has 1 aromatic carbocycles. The first-order valence-corrected chi connectivity index (χ1v) is 6.23. The van der Waals surface area contributed by atoms with E-state index < -0.39 is 0 Å². The molecular weight excluding hydrogens is 252 g/mol. The van der Waals surface area contributed by atoms with Crippen LogP contribution in [0.25, 0.3) is 5.69 Å². The third-order valence-electron chi connectivity index (χ3n) is 2.98. The fourth-order valence-corrected chi connectivity index (χ4v) is 1.89. The highest BCUT2D eigenvalue weighted by molar-refractivity contribution is 5.90. The normalized spacial score (nSPS) is 10.1. The van der Waals surface area contributed by atoms with Crippen LogP contribution in [0.2, 0.25) is 0 Å². The maximum Gasteiger partial charge on any atom is 0.294 e. The average Bonchev–Trinajstić information content (AvgIpc) is 2.80. The van der Waals surface area contributed by atoms with E-state index in [9.17, 15) is 4.79 Å². The first-order chi connectivity index (χ1) is 9.54. The maximum absolute atomic E-state index is 12.1. The van der Waals surface area contributed by atoms with Crippen LogP contribution in [0, 0.1) is 26.2 Å². The summed E-state index contributed by atoms with van der Waals surface area (Å²) in [5.74, 6) is 2.96. The molecule has 102 valence electrons. The van der Waals surface area contributed by atoms with Crippen molar-refractivity contribution in [3.8, 4) is 18.0 Å². The number of carbonyl (C=O) groups is 1. The number of hydrogen-bond acceptors (Lipinski definition) is 3. The molecule has 0 spiro atoms. The second-order valence-electron chi connectivity index (χ2n) is 4.55. The molecule has 0 fully saturated rings. The Balaban J connectivity index is 2.39. The summed E-state index contributed by atoms with van der Waals surface area (Å²) < 4.78 is 1.67. The van der Waals surface area contributed by atoms with Crippen molar-refractivity contribution < 1.29 is 4.79 Å². The molecule has 2 aromatic rings. The standard InChI is InChI=1S/C15H16N4O/c1-5-10-18(4)15(20)14-16-12(3)19(17-14)13-9-7-6-8-11(13)2/h1,6-9H,10H2,2-4H3. The number of rotatable bonds is 3. The lowest BCUT2D eigenvalue weighted by atomic mass is 10.2. The van der Waals surface area contributed by atoms with Gasteiger partial charge >= 0.3 is 0 Å². The SMILES string of the molecule is C#CCN(C)C(=O)c1nc(C)n(-c2ccccc2C)n1. The molecule has 0 unspecified atom stereocenters. The summed E-state index contributed by atoms with van der Waals surface area (Å²) in [7, 11) is 1.63. The van der Waals surface area contributed by atoms with Crippen molar-refractivity contribution in [2.45, 2.75) is 13.8 Å². The number of carbonyl (C=O) groups excluding carboxylic acids is 1. The molecule has 0 aliphatic rings. The predicted octanol–water partition coefficient (Wildman–Crippen LogP) is 1.59. The van der Waals surface area contributed by atoms with Crippen molar-refractivity contribution in [1.29, 1.82) is 0 Å². The van der Waals surface area contributed by atoms with Crippen molar-refractivity contribution in [3.05, 3.63) is 41.5 Å². The van der Waals surface area contributed by atoms with E-state index in [4.69, 9.17) is 6.42 Å². The fraction of sp³-hybridized carbons (Fsp3) is 0.267. The van der Waals surface area contributed by atoms with Crippen molar-refractivity contribution >= 4 is 5.91 Å². The van der Waals surface area contributed by atoms with Crippen molar-refractivity contribution in [2.24, 2.45) is 0 Å². The fourth-order valence-electron chi connectivity index (χ4n) is 1.89. The summed E-state index contributed by atoms with van der Waals surface area (Å²) in [6.45, 7) is 4.04. The van der Waals surface area contributed by atoms with Gasteiger partial charge in [0.15, 0.2) is 0 Å². The molecule has 0 saturated heterocycles. The van der Waals surface area contributed by atoms with E-state index in [0.29, 0.717) is 5.82 Å². The molecule has 0 N–H and O–H groups in total. The van der Waals surface area contributed by atoms with Gasteiger partial charge in [-0.25, -0.2) is 9.67 Å². The smallest absolute Gasteiger partial charge is 0.294 e. The zero-order chi connectivity index (χ0) is 14.7. The first kappa shape index (κ1) is 13.8. The van der Waals surface area contributed by atoms with E-state index in [1.807, 2.05) is 38.1 Å². The second kappa shape index (κ2) is 5.57. The third-order valence-corrected chi connectivity index (χ3v) is 2.98. The molecule has 1 aromatic heterocycles. The zero-order valence-corrected chi connectivity index (χ0v) is 11.8. The van der Waals surface area contributed by atoms with Gasteiger partial charge in [-0.2, -0.15) is 0 Å². The zero-order valence-electron chi connectivity index (χ0n) is 11.8. The Hall–Kier alpha value is -2.61. The van der Waals surface area contributed by atoms with Gasteiger partial charge in [0.05, 0.1) is 12.2 Å². The highest BCUT2D eigenvalue weighted by Crippen LogP contribution is 2.14. The van der Waals surface area contributed by atoms with Gasteiger partial charge in [-0.1, -0.05) is 24.1 Å². The second-order valence-corrected chi connectivity index (χ2v) is 4.55. The van der Waals surface area contributed by atoms with Crippen LogP contribution in [0.1, 0.15) is 22.0 Å². The summed E-state index contributed by atoms with van der Waals surface area (Å²) in [6, 6.07) is 7.81. The van der Waals surface area contributed by atoms with E-state index in [-0.39, 0.29) is 18.3 Å². The Morgan fingerprint density at radius 2 is 2.10 bits per heavy atom. The highest BCUT2D eigenvalue weighted by Gasteiger charge is 2.18. The summed E-state index contributed by atoms with van der Waals surface area (Å²) in [4.78, 5) is 17.7. The lowest BCUT2D eigenvalue weighted by Crippen LogP contribution is -2.28. The molecule has 20 heavy (non-hydrogen) atoms. The lowest BCUT2D eigenvalue weighted by molar-refractivity contribution is 0.0800. The Morgan fingerprint density at radius 3 is 2.75 bits per heavy atom. The highest BCUT2D eigenvalue weighted by atomic mass is 16.2. The Labute approximate surface area is 118 Å². The number of nitrogens with zero attached hydrogens (tertiary/aromatic N) is 4. The summed E-state index contributed by atoms with van der Waals surface area (Å²) in [5.41, 5.74) is 1.98. The Morgan fingerprint density at radius 1 is 1.40 bits per heavy atom. The van der Waals surface area contributed by atoms with Gasteiger partial charge in [0.25, 0.3) is 5.91 Å². The van der Waals surface area contributed by atoms with Crippen LogP contribution in [0.4, 0.5) is 0 Å². The Kier molecular flexibility index (Phi) is 3.85. The maximum atomic E-state index is 12.1. The van der Waals surface area contributed by atoms with Crippen LogP contribution >= 0.6 is 0 Å². The molecule has 1 amide bonds. The van der Waals surface area contributed by atoms with Gasteiger partial charge in [0, 0.05) is 7.05 Å². The van der Waals surface area contributed by atoms with Crippen LogP contribution in [0.3, 0.4) is 0 Å². The molecule has 0 bridgehead atoms. The third kappa shape index (κ3) is 2.54. The summed E-state index contributed by atoms with van der Waals surface area (Å²) in [5, 5.41) is 4.29. The number of para-hydroxylation sites is 1. The molecular formula is C15H16N4O. The molecule has 1 heterocycles. The van der Waals surface area contributed by atoms with Crippen LogP contribution in [-0.2, 0) is 0 Å². The van der Waals surface area contributed by atoms with Gasteiger partial charge < -0.3 is 4.90 Å². The molecule has 0 aliphatic heterocycles. The van der Waals surface area contributed by atoms with E-state index >= 15 is 0 Å². The number of benzene rings is 1. The topological polar surface area (TPSA) is 51.0 Å². The van der Waals surface area contributed by atoms with Crippen molar-refractivity contribution in [3.63, 3.8) is 0 Å². The molecule has 2 rings (SSSR count). The van der Waals surface area contributed by atoms with Gasteiger partial charge in [0.1, 0.15) is 5.82 Å². The van der Waals surface area contributed by atoms with Crippen molar-refractivity contribution in [2.75, 3.05) is 13.6 Å². The van der Waals surface area contributed by atoms with E-state index in [0.717, 1.165) is 11.3 Å². The lowest BCUT2D eigenvalue weighted by Gasteiger charge is -2.10. The molecule has 0 atom stereocenters. The van der Waals surface area contributed by atoms with Gasteiger partial charge in [-0.15, -0.1) is 11.5 Å². The predicted molar refractivity (Wildman–Crippen MR) is 76.6 cm³/mol. The van der Waals surface area contributed by atoms with Crippen LogP contribution in [0.5, 0.6) is 0 Å². The van der Waals surface area contributed by atoms with Gasteiger partial charge in [-0.05, 0) is 25.5 Å². The van der Waals surface area contributed by atoms with Crippen LogP contribution < -0.4 is 0 Å². The van der Waals surface area contributed by atoms with Crippen molar-refractivity contribution in [1.82, 2.24) is 19.7 Å². The number of amides is 1. The molecule has 0 aliphatic carbocycles. The average molecular weight is 268 g/mol. The van der Waals surface area contributed by atoms with Gasteiger partial charge in [-0.3, -0.25) is 4.79 Å². The van der Waals surface area contributed by atoms with Crippen LogP contribution in [0.15, 0.2) is 24.3 Å². The first-order valence-electron chi connectivity index (χ1n) is 6.23. The van der Waals surface area contributed by atoms with Gasteiger partial charge in [0.2, 0.25) is 5.82 Å². The summed E-state index contributed by atoms with van der Waals surface area (Å²) >= 11 is 0. The minimum Gasteiger partial charge on any atom is -0.328 e. The number of aromatic nitrogens is 3. The summed E-state index contributed by atoms with van der Waals surface area (Å²) in [6.07, 6.45) is 5.20. The number of hydrogen-bond donors (Lipinski definition) is 0. The molecule has 0 saturated carbocycles. The minimum absolute atomic E-state index is 0.156. The monoisotopic (exact) mass is 268 g/mol. The van der Waals surface area contributed by atoms with E-state index in [2.05, 4.69) is 16.0 Å².